The van der Waals surface area contributed by atoms with Gasteiger partial charge in [-0.1, -0.05) is 6.07 Å². The van der Waals surface area contributed by atoms with Crippen LogP contribution in [0.3, 0.4) is 0 Å². The molecule has 2 aromatic rings. The molecule has 0 saturated carbocycles. The Morgan fingerprint density at radius 3 is 3.00 bits per heavy atom. The molecule has 0 aromatic carbocycles. The fourth-order valence-electron chi connectivity index (χ4n) is 1.27. The summed E-state index contributed by atoms with van der Waals surface area (Å²) in [7, 11) is 0. The Kier molecular flexibility index (Phi) is 2.82. The first-order chi connectivity index (χ1) is 7.24. The average molecular weight is 220 g/mol. The van der Waals surface area contributed by atoms with Gasteiger partial charge in [-0.15, -0.1) is 11.3 Å². The second-order valence-corrected chi connectivity index (χ2v) is 4.19. The second kappa shape index (κ2) is 4.27. The molecular formula is C10H12N4S. The molecule has 0 fully saturated rings. The summed E-state index contributed by atoms with van der Waals surface area (Å²) in [6.07, 6.45) is 0. The smallest absolute Gasteiger partial charge is 0.132 e. The zero-order chi connectivity index (χ0) is 10.7. The Balaban J connectivity index is 2.05. The van der Waals surface area contributed by atoms with Crippen LogP contribution in [0.5, 0.6) is 0 Å². The van der Waals surface area contributed by atoms with Gasteiger partial charge < -0.3 is 11.1 Å². The number of rotatable bonds is 3. The highest BCUT2D eigenvalue weighted by Gasteiger charge is 1.99. The van der Waals surface area contributed by atoms with E-state index in [2.05, 4.69) is 26.7 Å². The molecular weight excluding hydrogens is 208 g/mol. The molecule has 0 radical (unpaired) electrons. The number of nitrogens with two attached hydrogens (primary N) is 1. The zero-order valence-corrected chi connectivity index (χ0v) is 9.21. The van der Waals surface area contributed by atoms with Gasteiger partial charge in [-0.3, -0.25) is 0 Å². The topological polar surface area (TPSA) is 63.8 Å². The van der Waals surface area contributed by atoms with E-state index in [-0.39, 0.29) is 0 Å². The van der Waals surface area contributed by atoms with Gasteiger partial charge in [-0.2, -0.15) is 0 Å². The maximum absolute atomic E-state index is 5.62. The van der Waals surface area contributed by atoms with E-state index < -0.39 is 0 Å². The summed E-state index contributed by atoms with van der Waals surface area (Å²) in [6.45, 7) is 2.60. The minimum atomic E-state index is 0.496. The molecule has 0 aliphatic rings. The van der Waals surface area contributed by atoms with E-state index in [1.54, 1.807) is 17.4 Å². The first-order valence-corrected chi connectivity index (χ1v) is 5.49. The lowest BCUT2D eigenvalue weighted by Crippen LogP contribution is -2.03. The summed E-state index contributed by atoms with van der Waals surface area (Å²) >= 11 is 1.71. The maximum atomic E-state index is 5.62. The van der Waals surface area contributed by atoms with Crippen LogP contribution < -0.4 is 11.1 Å². The molecule has 0 unspecified atom stereocenters. The normalized spacial score (nSPS) is 10.2. The van der Waals surface area contributed by atoms with Crippen LogP contribution in [0.4, 0.5) is 11.6 Å². The SMILES string of the molecule is Cc1nc(N)cc(NCc2cccs2)n1. The predicted octanol–water partition coefficient (Wildman–Crippen LogP) is 2.04. The molecule has 15 heavy (non-hydrogen) atoms. The Hall–Kier alpha value is -1.62. The minimum absolute atomic E-state index is 0.496. The molecule has 2 aromatic heterocycles. The van der Waals surface area contributed by atoms with Crippen molar-refractivity contribution in [1.82, 2.24) is 9.97 Å². The predicted molar refractivity (Wildman–Crippen MR) is 62.8 cm³/mol. The molecule has 0 aliphatic heterocycles. The van der Waals surface area contributed by atoms with Crippen molar-refractivity contribution < 1.29 is 0 Å². The number of thiophene rings is 1. The Morgan fingerprint density at radius 2 is 2.33 bits per heavy atom. The molecule has 0 spiro atoms. The van der Waals surface area contributed by atoms with Crippen LogP contribution in [0.25, 0.3) is 0 Å². The van der Waals surface area contributed by atoms with E-state index in [1.807, 2.05) is 13.0 Å². The third-order valence-corrected chi connectivity index (χ3v) is 2.76. The Labute approximate surface area is 92.2 Å². The molecule has 2 rings (SSSR count). The summed E-state index contributed by atoms with van der Waals surface area (Å²) in [5.41, 5.74) is 5.62. The van der Waals surface area contributed by atoms with Crippen LogP contribution in [-0.4, -0.2) is 9.97 Å². The van der Waals surface area contributed by atoms with Crippen LogP contribution in [0.1, 0.15) is 10.7 Å². The van der Waals surface area contributed by atoms with Crippen molar-refractivity contribution in [1.29, 1.82) is 0 Å². The molecule has 0 aliphatic carbocycles. The van der Waals surface area contributed by atoms with Crippen LogP contribution in [0.2, 0.25) is 0 Å². The number of nitrogens with zero attached hydrogens (tertiary/aromatic N) is 2. The molecule has 0 saturated heterocycles. The van der Waals surface area contributed by atoms with E-state index in [1.165, 1.54) is 4.88 Å². The van der Waals surface area contributed by atoms with Crippen molar-refractivity contribution in [3.05, 3.63) is 34.3 Å². The monoisotopic (exact) mass is 220 g/mol. The summed E-state index contributed by atoms with van der Waals surface area (Å²) < 4.78 is 0. The summed E-state index contributed by atoms with van der Waals surface area (Å²) in [5, 5.41) is 5.26. The highest BCUT2D eigenvalue weighted by molar-refractivity contribution is 7.09. The van der Waals surface area contributed by atoms with Crippen LogP contribution in [0, 0.1) is 6.92 Å². The van der Waals surface area contributed by atoms with Gasteiger partial charge >= 0.3 is 0 Å². The second-order valence-electron chi connectivity index (χ2n) is 3.16. The number of hydrogen-bond acceptors (Lipinski definition) is 5. The number of anilines is 2. The van der Waals surface area contributed by atoms with Crippen molar-refractivity contribution in [2.24, 2.45) is 0 Å². The highest BCUT2D eigenvalue weighted by Crippen LogP contribution is 2.12. The van der Waals surface area contributed by atoms with Crippen molar-refractivity contribution >= 4 is 23.0 Å². The third kappa shape index (κ3) is 2.66. The summed E-state index contributed by atoms with van der Waals surface area (Å²) in [5.74, 6) is 1.95. The van der Waals surface area contributed by atoms with Gasteiger partial charge in [0.1, 0.15) is 17.5 Å². The van der Waals surface area contributed by atoms with E-state index >= 15 is 0 Å². The van der Waals surface area contributed by atoms with Gasteiger partial charge in [0, 0.05) is 10.9 Å². The van der Waals surface area contributed by atoms with Crippen LogP contribution in [0.15, 0.2) is 23.6 Å². The number of aryl methyl sites for hydroxylation is 1. The zero-order valence-electron chi connectivity index (χ0n) is 8.40. The van der Waals surface area contributed by atoms with Gasteiger partial charge in [0.15, 0.2) is 0 Å². The largest absolute Gasteiger partial charge is 0.384 e. The summed E-state index contributed by atoms with van der Waals surface area (Å²) in [6, 6.07) is 5.84. The fourth-order valence-corrected chi connectivity index (χ4v) is 1.92. The first kappa shape index (κ1) is 9.92. The Morgan fingerprint density at radius 1 is 1.47 bits per heavy atom. The third-order valence-electron chi connectivity index (χ3n) is 1.88. The van der Waals surface area contributed by atoms with Gasteiger partial charge in [-0.05, 0) is 18.4 Å². The van der Waals surface area contributed by atoms with E-state index in [9.17, 15) is 0 Å². The lowest BCUT2D eigenvalue weighted by molar-refractivity contribution is 1.04. The van der Waals surface area contributed by atoms with E-state index in [0.29, 0.717) is 11.6 Å². The number of aromatic nitrogens is 2. The average Bonchev–Trinajstić information content (AvgIpc) is 2.65. The fraction of sp³-hybridized carbons (Fsp3) is 0.200. The van der Waals surface area contributed by atoms with Gasteiger partial charge in [0.2, 0.25) is 0 Å². The van der Waals surface area contributed by atoms with Gasteiger partial charge in [0.25, 0.3) is 0 Å². The first-order valence-electron chi connectivity index (χ1n) is 4.61. The van der Waals surface area contributed by atoms with E-state index in [4.69, 9.17) is 5.73 Å². The molecule has 0 atom stereocenters. The van der Waals surface area contributed by atoms with Crippen molar-refractivity contribution in [2.45, 2.75) is 13.5 Å². The van der Waals surface area contributed by atoms with Gasteiger partial charge in [0.05, 0.1) is 6.54 Å². The van der Waals surface area contributed by atoms with Crippen LogP contribution in [-0.2, 0) is 6.54 Å². The minimum Gasteiger partial charge on any atom is -0.384 e. The molecule has 78 valence electrons. The number of nitrogen functional groups attached to an aromatic ring is 1. The van der Waals surface area contributed by atoms with Crippen molar-refractivity contribution in [3.8, 4) is 0 Å². The number of hydrogen-bond donors (Lipinski definition) is 2. The molecule has 2 heterocycles. The molecule has 4 nitrogen and oxygen atoms in total. The molecule has 0 bridgehead atoms. The number of nitrogens with one attached hydrogen (secondary N) is 1. The molecule has 5 heteroatoms. The lowest BCUT2D eigenvalue weighted by atomic mass is 10.4. The molecule has 3 N–H and O–H groups in total. The van der Waals surface area contributed by atoms with Crippen molar-refractivity contribution in [3.63, 3.8) is 0 Å². The van der Waals surface area contributed by atoms with Crippen molar-refractivity contribution in [2.75, 3.05) is 11.1 Å². The summed E-state index contributed by atoms with van der Waals surface area (Å²) in [4.78, 5) is 9.51. The van der Waals surface area contributed by atoms with E-state index in [0.717, 1.165) is 12.4 Å². The lowest BCUT2D eigenvalue weighted by Gasteiger charge is -2.05. The van der Waals surface area contributed by atoms with Gasteiger partial charge in [-0.25, -0.2) is 9.97 Å². The quantitative estimate of drug-likeness (QED) is 0.830. The van der Waals surface area contributed by atoms with Crippen LogP contribution >= 0.6 is 11.3 Å². The molecule has 0 amide bonds. The highest BCUT2D eigenvalue weighted by atomic mass is 32.1. The standard InChI is InChI=1S/C10H12N4S/c1-7-13-9(11)5-10(14-7)12-6-8-3-2-4-15-8/h2-5H,6H2,1H3,(H3,11,12,13,14). The Bertz CT molecular complexity index is 418. The maximum Gasteiger partial charge on any atom is 0.132 e.